The van der Waals surface area contributed by atoms with Crippen molar-refractivity contribution in [2.24, 2.45) is 0 Å². The molecule has 0 atom stereocenters. The third kappa shape index (κ3) is 5.13. The molecule has 1 aliphatic carbocycles. The fraction of sp³-hybridized carbons (Fsp3) is 0.345. The van der Waals surface area contributed by atoms with E-state index in [9.17, 15) is 21.6 Å². The van der Waals surface area contributed by atoms with Gasteiger partial charge in [-0.1, -0.05) is 53.5 Å². The van der Waals surface area contributed by atoms with E-state index >= 15 is 0 Å². The zero-order valence-electron chi connectivity index (χ0n) is 21.3. The molecule has 11 heteroatoms. The molecule has 0 amide bonds. The number of hydrogen-bond donors (Lipinski definition) is 0. The molecule has 2 heterocycles. The summed E-state index contributed by atoms with van der Waals surface area (Å²) >= 11 is 12.4. The number of nitrogens with zero attached hydrogens (tertiary/aromatic N) is 3. The SMILES string of the molecule is O=S(=O)(N1CCC(c2c3cc(C(c4ccc(Cl)cc4)c4ccc(Cl)cc4)ccc3nn2C2CC2)CC1)C(F)(F)F. The molecule has 4 aromatic rings. The first-order chi connectivity index (χ1) is 19.0. The number of alkyl halides is 3. The number of halogens is 5. The molecule has 0 spiro atoms. The number of aromatic nitrogens is 2. The first-order valence-corrected chi connectivity index (χ1v) is 15.3. The molecule has 3 aromatic carbocycles. The molecule has 0 bridgehead atoms. The van der Waals surface area contributed by atoms with Gasteiger partial charge in [-0.2, -0.15) is 22.6 Å². The van der Waals surface area contributed by atoms with Crippen LogP contribution in [0, 0.1) is 0 Å². The summed E-state index contributed by atoms with van der Waals surface area (Å²) < 4.78 is 66.1. The van der Waals surface area contributed by atoms with Gasteiger partial charge in [-0.05, 0) is 78.8 Å². The third-order valence-electron chi connectivity index (χ3n) is 7.86. The van der Waals surface area contributed by atoms with E-state index in [0.29, 0.717) is 27.2 Å². The van der Waals surface area contributed by atoms with Gasteiger partial charge in [0, 0.05) is 46.1 Å². The maximum atomic E-state index is 13.2. The van der Waals surface area contributed by atoms with E-state index in [-0.39, 0.29) is 31.0 Å². The fourth-order valence-electron chi connectivity index (χ4n) is 5.73. The molecule has 2 fully saturated rings. The second-order valence-corrected chi connectivity index (χ2v) is 13.3. The van der Waals surface area contributed by atoms with E-state index in [0.717, 1.165) is 46.1 Å². The summed E-state index contributed by atoms with van der Waals surface area (Å²) in [5.74, 6) is -0.222. The Balaban J connectivity index is 1.41. The van der Waals surface area contributed by atoms with Crippen molar-refractivity contribution in [2.45, 2.75) is 49.1 Å². The summed E-state index contributed by atoms with van der Waals surface area (Å²) in [6.45, 7) is -0.358. The van der Waals surface area contributed by atoms with E-state index in [2.05, 4.69) is 12.1 Å². The van der Waals surface area contributed by atoms with Crippen molar-refractivity contribution >= 4 is 44.1 Å². The minimum absolute atomic E-state index is 0.106. The van der Waals surface area contributed by atoms with Crippen LogP contribution < -0.4 is 0 Å². The van der Waals surface area contributed by atoms with Gasteiger partial charge in [-0.25, -0.2) is 8.42 Å². The molecule has 5 nitrogen and oxygen atoms in total. The van der Waals surface area contributed by atoms with Crippen LogP contribution in [-0.2, 0) is 10.0 Å². The Hall–Kier alpha value is -2.59. The molecule has 1 aromatic heterocycles. The first kappa shape index (κ1) is 27.6. The summed E-state index contributed by atoms with van der Waals surface area (Å²) in [6.07, 6.45) is 2.58. The lowest BCUT2D eigenvalue weighted by Gasteiger charge is -2.32. The second-order valence-electron chi connectivity index (χ2n) is 10.5. The Labute approximate surface area is 240 Å². The highest BCUT2D eigenvalue weighted by Crippen LogP contribution is 2.44. The monoisotopic (exact) mass is 607 g/mol. The van der Waals surface area contributed by atoms with Gasteiger partial charge in [0.1, 0.15) is 0 Å². The maximum Gasteiger partial charge on any atom is 0.511 e. The largest absolute Gasteiger partial charge is 0.511 e. The number of sulfonamides is 1. The summed E-state index contributed by atoms with van der Waals surface area (Å²) in [6, 6.07) is 21.9. The third-order valence-corrected chi connectivity index (χ3v) is 10.00. The second kappa shape index (κ2) is 10.4. The molecule has 1 aliphatic heterocycles. The van der Waals surface area contributed by atoms with E-state index in [1.807, 2.05) is 59.3 Å². The number of piperidine rings is 1. The van der Waals surface area contributed by atoms with Crippen LogP contribution in [0.4, 0.5) is 13.2 Å². The molecule has 0 radical (unpaired) electrons. The number of benzene rings is 3. The van der Waals surface area contributed by atoms with E-state index in [4.69, 9.17) is 28.3 Å². The Bertz CT molecular complexity index is 1600. The highest BCUT2D eigenvalue weighted by Gasteiger charge is 2.50. The molecule has 1 saturated carbocycles. The topological polar surface area (TPSA) is 55.2 Å². The predicted octanol–water partition coefficient (Wildman–Crippen LogP) is 7.89. The average Bonchev–Trinajstić information content (AvgIpc) is 3.70. The van der Waals surface area contributed by atoms with Crippen LogP contribution in [0.1, 0.15) is 65.9 Å². The van der Waals surface area contributed by atoms with E-state index in [1.54, 1.807) is 0 Å². The van der Waals surface area contributed by atoms with Crippen LogP contribution in [-0.4, -0.2) is 41.1 Å². The van der Waals surface area contributed by atoms with Crippen LogP contribution in [0.25, 0.3) is 10.9 Å². The van der Waals surface area contributed by atoms with Crippen molar-refractivity contribution in [2.75, 3.05) is 13.1 Å². The normalized spacial score (nSPS) is 17.6. The number of rotatable bonds is 6. The summed E-state index contributed by atoms with van der Waals surface area (Å²) in [4.78, 5) is 0. The van der Waals surface area contributed by atoms with Gasteiger partial charge in [0.15, 0.2) is 0 Å². The van der Waals surface area contributed by atoms with Crippen molar-refractivity contribution in [1.29, 1.82) is 0 Å². The van der Waals surface area contributed by atoms with Gasteiger partial charge in [0.25, 0.3) is 0 Å². The molecule has 1 saturated heterocycles. The molecule has 0 N–H and O–H groups in total. The van der Waals surface area contributed by atoms with Crippen molar-refractivity contribution in [1.82, 2.24) is 14.1 Å². The van der Waals surface area contributed by atoms with Gasteiger partial charge >= 0.3 is 15.5 Å². The van der Waals surface area contributed by atoms with Crippen molar-refractivity contribution in [3.05, 3.63) is 99.2 Å². The lowest BCUT2D eigenvalue weighted by molar-refractivity contribution is -0.0494. The Morgan fingerprint density at radius 3 is 1.82 bits per heavy atom. The predicted molar refractivity (Wildman–Crippen MR) is 150 cm³/mol. The lowest BCUT2D eigenvalue weighted by Crippen LogP contribution is -2.44. The van der Waals surface area contributed by atoms with Crippen LogP contribution in [0.15, 0.2) is 66.7 Å². The van der Waals surface area contributed by atoms with Gasteiger partial charge in [-0.3, -0.25) is 4.68 Å². The van der Waals surface area contributed by atoms with Crippen LogP contribution in [0.5, 0.6) is 0 Å². The molecule has 210 valence electrons. The minimum atomic E-state index is -5.34. The lowest BCUT2D eigenvalue weighted by atomic mass is 9.84. The van der Waals surface area contributed by atoms with Crippen LogP contribution in [0.2, 0.25) is 10.0 Å². The van der Waals surface area contributed by atoms with Crippen molar-refractivity contribution in [3.8, 4) is 0 Å². The van der Waals surface area contributed by atoms with Gasteiger partial charge in [0.05, 0.1) is 11.6 Å². The number of fused-ring (bicyclic) bond motifs is 1. The van der Waals surface area contributed by atoms with E-state index in [1.165, 1.54) is 0 Å². The first-order valence-electron chi connectivity index (χ1n) is 13.1. The standard InChI is InChI=1S/C29H26Cl2F3N3O2S/c30-22-6-1-18(2-7-22)27(19-3-8-23(31)9-4-19)21-5-12-26-25(17-21)28(37(35-26)24-10-11-24)20-13-15-36(16-14-20)40(38,39)29(32,33)34/h1-9,12,17,20,24,27H,10-11,13-16H2. The quantitative estimate of drug-likeness (QED) is 0.209. The zero-order chi connectivity index (χ0) is 28.2. The summed E-state index contributed by atoms with van der Waals surface area (Å²) in [7, 11) is -5.34. The maximum absolute atomic E-state index is 13.2. The Kier molecular flexibility index (Phi) is 7.14. The summed E-state index contributed by atoms with van der Waals surface area (Å²) in [5, 5.41) is 7.13. The minimum Gasteiger partial charge on any atom is -0.265 e. The van der Waals surface area contributed by atoms with Crippen LogP contribution in [0.3, 0.4) is 0 Å². The smallest absolute Gasteiger partial charge is 0.265 e. The molecule has 0 unspecified atom stereocenters. The van der Waals surface area contributed by atoms with Crippen molar-refractivity contribution < 1.29 is 21.6 Å². The molecule has 2 aliphatic rings. The highest BCUT2D eigenvalue weighted by molar-refractivity contribution is 7.90. The average molecular weight is 609 g/mol. The molecular formula is C29H26Cl2F3N3O2S. The van der Waals surface area contributed by atoms with E-state index < -0.39 is 15.5 Å². The fourth-order valence-corrected chi connectivity index (χ4v) is 6.96. The molecule has 40 heavy (non-hydrogen) atoms. The van der Waals surface area contributed by atoms with Gasteiger partial charge < -0.3 is 0 Å². The van der Waals surface area contributed by atoms with Gasteiger partial charge in [-0.15, -0.1) is 0 Å². The molecular weight excluding hydrogens is 582 g/mol. The number of hydrogen-bond acceptors (Lipinski definition) is 3. The van der Waals surface area contributed by atoms with Crippen LogP contribution >= 0.6 is 23.2 Å². The molecule has 6 rings (SSSR count). The Morgan fingerprint density at radius 2 is 1.32 bits per heavy atom. The summed E-state index contributed by atoms with van der Waals surface area (Å²) in [5.41, 5.74) is -0.363. The van der Waals surface area contributed by atoms with Crippen molar-refractivity contribution in [3.63, 3.8) is 0 Å². The Morgan fingerprint density at radius 1 is 0.800 bits per heavy atom. The highest BCUT2D eigenvalue weighted by atomic mass is 35.5. The van der Waals surface area contributed by atoms with Gasteiger partial charge in [0.2, 0.25) is 0 Å². The zero-order valence-corrected chi connectivity index (χ0v) is 23.6.